The number of hydrogen-bond acceptors (Lipinski definition) is 5. The smallest absolute Gasteiger partial charge is 0.256 e. The molecule has 3 aliphatic rings. The van der Waals surface area contributed by atoms with Crippen molar-refractivity contribution in [1.29, 1.82) is 0 Å². The molecule has 2 saturated heterocycles. The van der Waals surface area contributed by atoms with Crippen molar-refractivity contribution in [2.45, 2.75) is 44.8 Å². The van der Waals surface area contributed by atoms with E-state index in [0.717, 1.165) is 67.3 Å². The van der Waals surface area contributed by atoms with Gasteiger partial charge in [-0.1, -0.05) is 30.4 Å². The molecule has 2 aliphatic heterocycles. The van der Waals surface area contributed by atoms with E-state index in [1.807, 2.05) is 36.6 Å². The van der Waals surface area contributed by atoms with Gasteiger partial charge in [-0.2, -0.15) is 0 Å². The third kappa shape index (κ3) is 7.96. The lowest BCUT2D eigenvalue weighted by atomic mass is 9.98. The van der Waals surface area contributed by atoms with Gasteiger partial charge < -0.3 is 20.4 Å². The maximum atomic E-state index is 12.9. The Kier molecular flexibility index (Phi) is 11.1. The van der Waals surface area contributed by atoms with E-state index in [2.05, 4.69) is 46.9 Å². The van der Waals surface area contributed by atoms with Gasteiger partial charge in [0.25, 0.3) is 5.91 Å². The molecule has 1 atom stereocenters. The number of fused-ring (bicyclic) bond motifs is 1. The maximum absolute atomic E-state index is 12.9. The summed E-state index contributed by atoms with van der Waals surface area (Å²) in [5.74, 6) is 0.897. The second-order valence-corrected chi connectivity index (χ2v) is 10.6. The van der Waals surface area contributed by atoms with Crippen molar-refractivity contribution < 1.29 is 14.0 Å². The highest BCUT2D eigenvalue weighted by Gasteiger charge is 2.30. The number of halogens is 1. The Morgan fingerprint density at radius 3 is 2.69 bits per heavy atom. The molecule has 0 aromatic carbocycles. The molecule has 1 aliphatic carbocycles. The molecular weight excluding hydrogens is 475 g/mol. The van der Waals surface area contributed by atoms with Crippen LogP contribution in [0.25, 0.3) is 0 Å². The molecule has 196 valence electrons. The van der Waals surface area contributed by atoms with Crippen molar-refractivity contribution >= 4 is 23.6 Å². The van der Waals surface area contributed by atoms with Crippen LogP contribution in [-0.2, 0) is 9.59 Å². The molecule has 2 fully saturated rings. The Morgan fingerprint density at radius 2 is 1.97 bits per heavy atom. The van der Waals surface area contributed by atoms with E-state index in [-0.39, 0.29) is 17.1 Å². The molecule has 3 rings (SSSR count). The molecule has 0 bridgehead atoms. The molecule has 0 aromatic rings. The van der Waals surface area contributed by atoms with Crippen LogP contribution >= 0.6 is 11.8 Å². The van der Waals surface area contributed by atoms with Crippen LogP contribution in [0, 0.1) is 0 Å². The number of unbranched alkanes of at least 4 members (excludes halogenated alkanes) is 1. The van der Waals surface area contributed by atoms with E-state index >= 15 is 0 Å². The molecule has 6 nitrogen and oxygen atoms in total. The normalized spacial score (nSPS) is 22.6. The summed E-state index contributed by atoms with van der Waals surface area (Å²) in [7, 11) is 2.08. The topological polar surface area (TPSA) is 64.7 Å². The second-order valence-electron chi connectivity index (χ2n) is 9.31. The van der Waals surface area contributed by atoms with Gasteiger partial charge in [0.05, 0.1) is 11.9 Å². The molecular formula is C28H39FN4O2S. The lowest BCUT2D eigenvalue weighted by Crippen LogP contribution is -2.47. The van der Waals surface area contributed by atoms with Gasteiger partial charge in [-0.25, -0.2) is 4.39 Å². The summed E-state index contributed by atoms with van der Waals surface area (Å²) in [4.78, 5) is 29.9. The van der Waals surface area contributed by atoms with Gasteiger partial charge in [0.2, 0.25) is 5.91 Å². The van der Waals surface area contributed by atoms with Gasteiger partial charge in [-0.15, -0.1) is 11.8 Å². The lowest BCUT2D eigenvalue weighted by molar-refractivity contribution is -0.132. The molecule has 0 saturated carbocycles. The number of piperazine rings is 1. The van der Waals surface area contributed by atoms with Crippen LogP contribution in [0.15, 0.2) is 70.9 Å². The Bertz CT molecular complexity index is 988. The molecule has 0 radical (unpaired) electrons. The van der Waals surface area contributed by atoms with Crippen LogP contribution in [0.1, 0.15) is 39.5 Å². The predicted octanol–water partition coefficient (Wildman–Crippen LogP) is 4.23. The first-order valence-corrected chi connectivity index (χ1v) is 13.8. The number of nitrogens with one attached hydrogen (secondary N) is 2. The van der Waals surface area contributed by atoms with Gasteiger partial charge in [0.15, 0.2) is 0 Å². The summed E-state index contributed by atoms with van der Waals surface area (Å²) in [5.41, 5.74) is 4.23. The SMILES string of the molecule is CCNC(/C=C1\C(=O)NC2=CCC(SC/C=C/CC/C=C/F)C=C21)=C(/C)CC(=O)N1CCN(C)CC1. The summed E-state index contributed by atoms with van der Waals surface area (Å²) in [6.07, 6.45) is 15.2. The fourth-order valence-electron chi connectivity index (χ4n) is 4.38. The Hall–Kier alpha value is -2.58. The first kappa shape index (κ1) is 28.0. The number of hydrogen-bond donors (Lipinski definition) is 2. The number of likely N-dealkylation sites (N-methyl/N-ethyl adjacent to an activating group) is 2. The number of rotatable bonds is 11. The van der Waals surface area contributed by atoms with Crippen molar-refractivity contribution in [3.63, 3.8) is 0 Å². The van der Waals surface area contributed by atoms with Crippen LogP contribution < -0.4 is 10.6 Å². The first-order chi connectivity index (χ1) is 17.4. The minimum absolute atomic E-state index is 0.104. The molecule has 2 N–H and O–H groups in total. The van der Waals surface area contributed by atoms with Crippen molar-refractivity contribution in [1.82, 2.24) is 20.4 Å². The fourth-order valence-corrected chi connectivity index (χ4v) is 5.34. The standard InChI is InChI=1S/C28H39FN4O2S/c1-4-30-26(21(2)18-27(34)33-15-13-32(3)14-16-33)20-24-23-19-22(10-11-25(23)31-28(24)35)36-17-9-7-5-6-8-12-29/h7-9,11-12,19-20,22,30H,4-6,10,13-18H2,1-3H3,(H,31,35)/b9-7+,12-8+,24-20-,26-21-. The zero-order chi connectivity index (χ0) is 25.9. The van der Waals surface area contributed by atoms with Crippen molar-refractivity contribution in [3.05, 3.63) is 70.9 Å². The van der Waals surface area contributed by atoms with Crippen LogP contribution in [-0.4, -0.2) is 72.4 Å². The number of nitrogens with zero attached hydrogens (tertiary/aromatic N) is 2. The third-order valence-electron chi connectivity index (χ3n) is 6.53. The molecule has 8 heteroatoms. The minimum Gasteiger partial charge on any atom is -0.385 e. The summed E-state index contributed by atoms with van der Waals surface area (Å²) < 4.78 is 12.0. The molecule has 2 amide bonds. The largest absolute Gasteiger partial charge is 0.385 e. The zero-order valence-electron chi connectivity index (χ0n) is 21.7. The zero-order valence-corrected chi connectivity index (χ0v) is 22.5. The summed E-state index contributed by atoms with van der Waals surface area (Å²) in [5, 5.41) is 6.65. The molecule has 0 spiro atoms. The van der Waals surface area contributed by atoms with Crippen LogP contribution in [0.5, 0.6) is 0 Å². The van der Waals surface area contributed by atoms with Gasteiger partial charge in [0, 0.05) is 67.1 Å². The van der Waals surface area contributed by atoms with Gasteiger partial charge >= 0.3 is 0 Å². The van der Waals surface area contributed by atoms with E-state index in [9.17, 15) is 14.0 Å². The number of allylic oxidation sites excluding steroid dienone is 5. The van der Waals surface area contributed by atoms with E-state index < -0.39 is 0 Å². The second kappa shape index (κ2) is 14.2. The highest BCUT2D eigenvalue weighted by Crippen LogP contribution is 2.34. The minimum atomic E-state index is -0.104. The van der Waals surface area contributed by atoms with Crippen LogP contribution in [0.3, 0.4) is 0 Å². The summed E-state index contributed by atoms with van der Waals surface area (Å²) >= 11 is 1.83. The molecule has 2 heterocycles. The Morgan fingerprint density at radius 1 is 1.22 bits per heavy atom. The average molecular weight is 515 g/mol. The van der Waals surface area contributed by atoms with Crippen molar-refractivity contribution in [2.24, 2.45) is 0 Å². The lowest BCUT2D eigenvalue weighted by Gasteiger charge is -2.32. The van der Waals surface area contributed by atoms with E-state index in [1.54, 1.807) is 0 Å². The van der Waals surface area contributed by atoms with Crippen molar-refractivity contribution in [3.8, 4) is 0 Å². The Labute approximate surface area is 219 Å². The molecule has 1 unspecified atom stereocenters. The molecule has 0 aromatic heterocycles. The predicted molar refractivity (Wildman–Crippen MR) is 147 cm³/mol. The third-order valence-corrected chi connectivity index (χ3v) is 7.67. The van der Waals surface area contributed by atoms with E-state index in [1.165, 1.54) is 6.08 Å². The van der Waals surface area contributed by atoms with Crippen molar-refractivity contribution in [2.75, 3.05) is 45.5 Å². The maximum Gasteiger partial charge on any atom is 0.256 e. The average Bonchev–Trinajstić information content (AvgIpc) is 3.17. The van der Waals surface area contributed by atoms with E-state index in [4.69, 9.17) is 0 Å². The number of carbonyl (C=O) groups excluding carboxylic acids is 2. The highest BCUT2D eigenvalue weighted by atomic mass is 32.2. The monoisotopic (exact) mass is 514 g/mol. The number of carbonyl (C=O) groups is 2. The number of thioether (sulfide) groups is 1. The van der Waals surface area contributed by atoms with Crippen LogP contribution in [0.2, 0.25) is 0 Å². The quantitative estimate of drug-likeness (QED) is 0.246. The number of amides is 2. The van der Waals surface area contributed by atoms with Gasteiger partial charge in [0.1, 0.15) is 0 Å². The summed E-state index contributed by atoms with van der Waals surface area (Å²) in [6, 6.07) is 0. The van der Waals surface area contributed by atoms with Gasteiger partial charge in [-0.3, -0.25) is 9.59 Å². The van der Waals surface area contributed by atoms with E-state index in [0.29, 0.717) is 31.3 Å². The Balaban J connectivity index is 1.70. The fraction of sp³-hybridized carbons (Fsp3) is 0.500. The first-order valence-electron chi connectivity index (χ1n) is 12.8. The molecule has 36 heavy (non-hydrogen) atoms. The van der Waals surface area contributed by atoms with Crippen LogP contribution in [0.4, 0.5) is 4.39 Å². The highest BCUT2D eigenvalue weighted by molar-refractivity contribution is 8.00. The van der Waals surface area contributed by atoms with Gasteiger partial charge in [-0.05, 0) is 51.8 Å². The summed E-state index contributed by atoms with van der Waals surface area (Å²) in [6.45, 7) is 7.99.